The van der Waals surface area contributed by atoms with E-state index >= 15 is 0 Å². The highest BCUT2D eigenvalue weighted by molar-refractivity contribution is 6.30. The lowest BCUT2D eigenvalue weighted by atomic mass is 10.0. The first kappa shape index (κ1) is 15.1. The molecule has 3 nitrogen and oxygen atoms in total. The van der Waals surface area contributed by atoms with Gasteiger partial charge in [-0.2, -0.15) is 0 Å². The van der Waals surface area contributed by atoms with E-state index in [1.807, 2.05) is 13.0 Å². The van der Waals surface area contributed by atoms with Gasteiger partial charge in [0.2, 0.25) is 0 Å². The quantitative estimate of drug-likeness (QED) is 0.836. The summed E-state index contributed by atoms with van der Waals surface area (Å²) in [6.07, 6.45) is 0. The van der Waals surface area contributed by atoms with Crippen LogP contribution in [-0.4, -0.2) is 17.6 Å². The highest BCUT2D eigenvalue weighted by Gasteiger charge is 2.08. The highest BCUT2D eigenvalue weighted by atomic mass is 35.5. The fraction of sp³-hybridized carbons (Fsp3) is 0.118. The molecule has 2 N–H and O–H groups in total. The van der Waals surface area contributed by atoms with Crippen LogP contribution in [0.2, 0.25) is 5.02 Å². The molecule has 2 rings (SSSR count). The van der Waals surface area contributed by atoms with Crippen LogP contribution in [0.25, 0.3) is 0 Å². The van der Waals surface area contributed by atoms with E-state index in [1.54, 1.807) is 36.4 Å². The summed E-state index contributed by atoms with van der Waals surface area (Å²) in [5, 5.41) is 12.1. The second kappa shape index (κ2) is 6.94. The third kappa shape index (κ3) is 4.09. The van der Waals surface area contributed by atoms with Gasteiger partial charge < -0.3 is 10.4 Å². The van der Waals surface area contributed by atoms with Crippen LogP contribution in [0.15, 0.2) is 42.5 Å². The predicted molar refractivity (Wildman–Crippen MR) is 84.5 cm³/mol. The summed E-state index contributed by atoms with van der Waals surface area (Å²) in [6, 6.07) is 12.2. The maximum absolute atomic E-state index is 12.2. The first-order valence-corrected chi connectivity index (χ1v) is 6.75. The molecule has 0 saturated carbocycles. The minimum atomic E-state index is -0.232. The van der Waals surface area contributed by atoms with Gasteiger partial charge in [0.1, 0.15) is 6.61 Å². The molecule has 0 saturated heterocycles. The minimum absolute atomic E-state index is 0.210. The summed E-state index contributed by atoms with van der Waals surface area (Å²) in [5.74, 6) is 5.18. The van der Waals surface area contributed by atoms with Crippen LogP contribution in [0, 0.1) is 18.8 Å². The van der Waals surface area contributed by atoms with E-state index in [9.17, 15) is 4.79 Å². The molecule has 106 valence electrons. The Morgan fingerprint density at radius 2 is 2.10 bits per heavy atom. The standard InChI is InChI=1S/C17H14ClNO2/c1-12-7-8-14(10-13(12)4-3-9-20)17(21)19-16-6-2-5-15(18)11-16/h2,5-8,10-11,20H,9H2,1H3,(H,19,21). The third-order valence-electron chi connectivity index (χ3n) is 2.88. The van der Waals surface area contributed by atoms with Gasteiger partial charge in [0.05, 0.1) is 0 Å². The molecular weight excluding hydrogens is 286 g/mol. The van der Waals surface area contributed by atoms with Gasteiger partial charge >= 0.3 is 0 Å². The van der Waals surface area contributed by atoms with Crippen LogP contribution in [0.1, 0.15) is 21.5 Å². The molecule has 0 aliphatic carbocycles. The number of hydrogen-bond donors (Lipinski definition) is 2. The number of nitrogens with one attached hydrogen (secondary N) is 1. The van der Waals surface area contributed by atoms with E-state index in [1.165, 1.54) is 0 Å². The van der Waals surface area contributed by atoms with Gasteiger partial charge in [-0.25, -0.2) is 0 Å². The van der Waals surface area contributed by atoms with Crippen molar-refractivity contribution in [2.24, 2.45) is 0 Å². The largest absolute Gasteiger partial charge is 0.384 e. The Balaban J connectivity index is 2.23. The van der Waals surface area contributed by atoms with Crippen LogP contribution in [-0.2, 0) is 0 Å². The zero-order chi connectivity index (χ0) is 15.2. The lowest BCUT2D eigenvalue weighted by Crippen LogP contribution is -2.12. The first-order chi connectivity index (χ1) is 10.1. The second-order valence-corrected chi connectivity index (χ2v) is 4.89. The number of amides is 1. The molecule has 0 aliphatic rings. The van der Waals surface area contributed by atoms with Crippen molar-refractivity contribution in [3.8, 4) is 11.8 Å². The topological polar surface area (TPSA) is 49.3 Å². The van der Waals surface area contributed by atoms with Crippen LogP contribution < -0.4 is 5.32 Å². The number of aliphatic hydroxyl groups excluding tert-OH is 1. The van der Waals surface area contributed by atoms with Crippen molar-refractivity contribution >= 4 is 23.2 Å². The molecule has 0 aliphatic heterocycles. The normalized spacial score (nSPS) is 9.67. The number of anilines is 1. The molecule has 0 heterocycles. The van der Waals surface area contributed by atoms with Gasteiger partial charge in [-0.15, -0.1) is 0 Å². The second-order valence-electron chi connectivity index (χ2n) is 4.45. The Morgan fingerprint density at radius 3 is 2.81 bits per heavy atom. The highest BCUT2D eigenvalue weighted by Crippen LogP contribution is 2.17. The van der Waals surface area contributed by atoms with Gasteiger partial charge in [0.15, 0.2) is 0 Å². The van der Waals surface area contributed by atoms with E-state index < -0.39 is 0 Å². The van der Waals surface area contributed by atoms with Crippen molar-refractivity contribution in [2.45, 2.75) is 6.92 Å². The van der Waals surface area contributed by atoms with Crippen molar-refractivity contribution in [1.82, 2.24) is 0 Å². The van der Waals surface area contributed by atoms with Crippen LogP contribution in [0.3, 0.4) is 0 Å². The number of hydrogen-bond acceptors (Lipinski definition) is 2. The smallest absolute Gasteiger partial charge is 0.255 e. The molecule has 0 radical (unpaired) electrons. The molecule has 0 fully saturated rings. The maximum Gasteiger partial charge on any atom is 0.255 e. The van der Waals surface area contributed by atoms with Gasteiger partial charge in [-0.3, -0.25) is 4.79 Å². The summed E-state index contributed by atoms with van der Waals surface area (Å²) in [5.41, 5.74) is 2.82. The fourth-order valence-electron chi connectivity index (χ4n) is 1.80. The van der Waals surface area contributed by atoms with Crippen LogP contribution in [0.5, 0.6) is 0 Å². The number of aryl methyl sites for hydroxylation is 1. The van der Waals surface area contributed by atoms with Gasteiger partial charge in [-0.05, 0) is 42.8 Å². The fourth-order valence-corrected chi connectivity index (χ4v) is 1.99. The average Bonchev–Trinajstić information content (AvgIpc) is 2.46. The Kier molecular flexibility index (Phi) is 4.99. The van der Waals surface area contributed by atoms with Crippen molar-refractivity contribution in [3.05, 3.63) is 64.2 Å². The number of benzene rings is 2. The molecule has 0 bridgehead atoms. The Morgan fingerprint density at radius 1 is 1.29 bits per heavy atom. The molecule has 1 amide bonds. The zero-order valence-corrected chi connectivity index (χ0v) is 12.2. The Labute approximate surface area is 128 Å². The molecule has 0 spiro atoms. The molecule has 0 unspecified atom stereocenters. The average molecular weight is 300 g/mol. The molecule has 4 heteroatoms. The summed E-state index contributed by atoms with van der Waals surface area (Å²) in [6.45, 7) is 1.69. The molecule has 2 aromatic rings. The summed E-state index contributed by atoms with van der Waals surface area (Å²) >= 11 is 5.88. The van der Waals surface area contributed by atoms with Crippen molar-refractivity contribution in [2.75, 3.05) is 11.9 Å². The molecule has 2 aromatic carbocycles. The van der Waals surface area contributed by atoms with Gasteiger partial charge in [0.25, 0.3) is 5.91 Å². The van der Waals surface area contributed by atoms with Crippen LogP contribution in [0.4, 0.5) is 5.69 Å². The maximum atomic E-state index is 12.2. The number of carbonyl (C=O) groups is 1. The molecule has 21 heavy (non-hydrogen) atoms. The van der Waals surface area contributed by atoms with Crippen molar-refractivity contribution in [3.63, 3.8) is 0 Å². The number of carbonyl (C=O) groups excluding carboxylic acids is 1. The lowest BCUT2D eigenvalue weighted by Gasteiger charge is -2.07. The van der Waals surface area contributed by atoms with E-state index in [4.69, 9.17) is 16.7 Å². The summed E-state index contributed by atoms with van der Waals surface area (Å²) in [4.78, 5) is 12.2. The van der Waals surface area contributed by atoms with Crippen molar-refractivity contribution < 1.29 is 9.90 Å². The lowest BCUT2D eigenvalue weighted by molar-refractivity contribution is 0.102. The number of rotatable bonds is 2. The number of aliphatic hydroxyl groups is 1. The monoisotopic (exact) mass is 299 g/mol. The van der Waals surface area contributed by atoms with Gasteiger partial charge in [-0.1, -0.05) is 35.6 Å². The molecule has 0 atom stereocenters. The van der Waals surface area contributed by atoms with Crippen molar-refractivity contribution in [1.29, 1.82) is 0 Å². The first-order valence-electron chi connectivity index (χ1n) is 6.37. The summed E-state index contributed by atoms with van der Waals surface area (Å²) < 4.78 is 0. The molecular formula is C17H14ClNO2. The third-order valence-corrected chi connectivity index (χ3v) is 3.12. The Hall–Kier alpha value is -2.28. The minimum Gasteiger partial charge on any atom is -0.384 e. The van der Waals surface area contributed by atoms with E-state index in [0.717, 1.165) is 11.1 Å². The summed E-state index contributed by atoms with van der Waals surface area (Å²) in [7, 11) is 0. The van der Waals surface area contributed by atoms with E-state index in [0.29, 0.717) is 16.3 Å². The molecule has 0 aromatic heterocycles. The zero-order valence-electron chi connectivity index (χ0n) is 11.5. The predicted octanol–water partition coefficient (Wildman–Crippen LogP) is 3.24. The van der Waals surface area contributed by atoms with E-state index in [-0.39, 0.29) is 12.5 Å². The van der Waals surface area contributed by atoms with Crippen LogP contribution >= 0.6 is 11.6 Å². The SMILES string of the molecule is Cc1ccc(C(=O)Nc2cccc(Cl)c2)cc1C#CCO. The van der Waals surface area contributed by atoms with Gasteiger partial charge in [0, 0.05) is 21.8 Å². The number of halogens is 1. The Bertz CT molecular complexity index is 729. The van der Waals surface area contributed by atoms with E-state index in [2.05, 4.69) is 17.2 Å².